The summed E-state index contributed by atoms with van der Waals surface area (Å²) in [5.41, 5.74) is 8.34. The first-order chi connectivity index (χ1) is 15.4. The summed E-state index contributed by atoms with van der Waals surface area (Å²) in [5, 5.41) is 17.3. The molecule has 2 aromatic heterocycles. The van der Waals surface area contributed by atoms with Gasteiger partial charge in [0.15, 0.2) is 11.4 Å². The number of amides is 1. The van der Waals surface area contributed by atoms with E-state index in [1.807, 2.05) is 35.8 Å². The summed E-state index contributed by atoms with van der Waals surface area (Å²) in [5.74, 6) is 0.00894. The smallest absolute Gasteiger partial charge is 0.271 e. The van der Waals surface area contributed by atoms with Gasteiger partial charge >= 0.3 is 0 Å². The number of carbonyl (C=O) groups is 1. The lowest BCUT2D eigenvalue weighted by Gasteiger charge is -2.08. The van der Waals surface area contributed by atoms with Crippen LogP contribution in [-0.4, -0.2) is 25.2 Å². The second-order valence-corrected chi connectivity index (χ2v) is 7.63. The molecule has 0 atom stereocenters. The van der Waals surface area contributed by atoms with Gasteiger partial charge in [0.1, 0.15) is 17.6 Å². The van der Waals surface area contributed by atoms with Crippen LogP contribution < -0.4 is 11.1 Å². The minimum absolute atomic E-state index is 0.0465. The molecule has 0 saturated carbocycles. The largest absolute Gasteiger partial charge is 0.364 e. The molecule has 4 rings (SSSR count). The standard InChI is InChI=1S/C22H17Cl2N7O/c1-2-30-11-15(10-25)28-22(30)13-6-8-14(9-7-13)27-18-12-31(29-19(18)21(26)32)20-16(23)4-3-5-17(20)24/h3-9,11-12,27H,2H2,1H3,(H2,26,32). The van der Waals surface area contributed by atoms with E-state index in [1.54, 1.807) is 30.6 Å². The van der Waals surface area contributed by atoms with E-state index in [1.165, 1.54) is 4.68 Å². The van der Waals surface area contributed by atoms with Crippen LogP contribution in [-0.2, 0) is 6.54 Å². The predicted molar refractivity (Wildman–Crippen MR) is 123 cm³/mol. The van der Waals surface area contributed by atoms with Crippen LogP contribution in [0, 0.1) is 11.3 Å². The molecule has 0 unspecified atom stereocenters. The van der Waals surface area contributed by atoms with Crippen molar-refractivity contribution in [2.24, 2.45) is 5.73 Å². The molecule has 3 N–H and O–H groups in total. The number of hydrogen-bond acceptors (Lipinski definition) is 5. The van der Waals surface area contributed by atoms with Gasteiger partial charge in [0, 0.05) is 24.0 Å². The Balaban J connectivity index is 1.66. The van der Waals surface area contributed by atoms with Gasteiger partial charge < -0.3 is 15.6 Å². The van der Waals surface area contributed by atoms with Crippen molar-refractivity contribution in [3.8, 4) is 23.1 Å². The highest BCUT2D eigenvalue weighted by molar-refractivity contribution is 6.37. The molecule has 0 aliphatic rings. The van der Waals surface area contributed by atoms with Gasteiger partial charge in [0.25, 0.3) is 5.91 Å². The van der Waals surface area contributed by atoms with E-state index >= 15 is 0 Å². The Labute approximate surface area is 193 Å². The number of carbonyl (C=O) groups excluding carboxylic acids is 1. The second kappa shape index (κ2) is 8.75. The van der Waals surface area contributed by atoms with Crippen LogP contribution in [0.3, 0.4) is 0 Å². The van der Waals surface area contributed by atoms with Crippen molar-refractivity contribution in [2.75, 3.05) is 5.32 Å². The van der Waals surface area contributed by atoms with Gasteiger partial charge in [0.2, 0.25) is 0 Å². The minimum atomic E-state index is -0.694. The molecule has 0 aliphatic heterocycles. The van der Waals surface area contributed by atoms with Crippen LogP contribution in [0.1, 0.15) is 23.1 Å². The SMILES string of the molecule is CCn1cc(C#N)nc1-c1ccc(Nc2cn(-c3c(Cl)cccc3Cl)nc2C(N)=O)cc1. The average Bonchev–Trinajstić information content (AvgIpc) is 3.38. The number of aryl methyl sites for hydroxylation is 1. The molecule has 0 saturated heterocycles. The number of nitrogens with two attached hydrogens (primary N) is 1. The van der Waals surface area contributed by atoms with Crippen molar-refractivity contribution < 1.29 is 4.79 Å². The maximum atomic E-state index is 12.0. The monoisotopic (exact) mass is 465 g/mol. The Kier molecular flexibility index (Phi) is 5.86. The van der Waals surface area contributed by atoms with Gasteiger partial charge in [-0.15, -0.1) is 0 Å². The van der Waals surface area contributed by atoms with Crippen LogP contribution in [0.2, 0.25) is 10.0 Å². The van der Waals surface area contributed by atoms with Gasteiger partial charge in [-0.3, -0.25) is 4.79 Å². The molecule has 0 aliphatic carbocycles. The van der Waals surface area contributed by atoms with Gasteiger partial charge in [0.05, 0.1) is 21.9 Å². The molecule has 10 heteroatoms. The van der Waals surface area contributed by atoms with Crippen molar-refractivity contribution >= 4 is 40.5 Å². The fourth-order valence-electron chi connectivity index (χ4n) is 3.27. The number of aromatic nitrogens is 4. The number of nitrogens with one attached hydrogen (secondary N) is 1. The fourth-order valence-corrected chi connectivity index (χ4v) is 3.84. The Morgan fingerprint density at radius 2 is 1.84 bits per heavy atom. The van der Waals surface area contributed by atoms with E-state index in [9.17, 15) is 4.79 Å². The van der Waals surface area contributed by atoms with Gasteiger partial charge in [-0.05, 0) is 43.3 Å². The molecule has 0 spiro atoms. The van der Waals surface area contributed by atoms with Crippen LogP contribution in [0.15, 0.2) is 54.9 Å². The van der Waals surface area contributed by atoms with Crippen LogP contribution >= 0.6 is 23.2 Å². The number of primary amides is 1. The third-order valence-corrected chi connectivity index (χ3v) is 5.38. The normalized spacial score (nSPS) is 10.7. The summed E-state index contributed by atoms with van der Waals surface area (Å²) in [6, 6.07) is 14.5. The molecule has 2 aromatic carbocycles. The predicted octanol–water partition coefficient (Wildman–Crippen LogP) is 4.78. The highest BCUT2D eigenvalue weighted by Crippen LogP contribution is 2.31. The third kappa shape index (κ3) is 4.04. The maximum Gasteiger partial charge on any atom is 0.271 e. The number of hydrogen-bond donors (Lipinski definition) is 2. The zero-order chi connectivity index (χ0) is 22.8. The summed E-state index contributed by atoms with van der Waals surface area (Å²) < 4.78 is 3.33. The lowest BCUT2D eigenvalue weighted by atomic mass is 10.2. The Morgan fingerprint density at radius 3 is 2.44 bits per heavy atom. The number of imidazole rings is 1. The zero-order valence-corrected chi connectivity index (χ0v) is 18.4. The minimum Gasteiger partial charge on any atom is -0.364 e. The van der Waals surface area contributed by atoms with E-state index in [0.29, 0.717) is 45.2 Å². The number of para-hydroxylation sites is 1. The first-order valence-corrected chi connectivity index (χ1v) is 10.4. The van der Waals surface area contributed by atoms with Gasteiger partial charge in [-0.1, -0.05) is 29.3 Å². The average molecular weight is 466 g/mol. The first kappa shape index (κ1) is 21.4. The lowest BCUT2D eigenvalue weighted by molar-refractivity contribution is 0.0996. The Hall–Kier alpha value is -3.80. The molecular formula is C22H17Cl2N7O. The Bertz CT molecular complexity index is 1330. The van der Waals surface area contributed by atoms with Crippen molar-refractivity contribution in [3.05, 3.63) is 76.3 Å². The van der Waals surface area contributed by atoms with Crippen molar-refractivity contribution in [2.45, 2.75) is 13.5 Å². The van der Waals surface area contributed by atoms with Gasteiger partial charge in [-0.25, -0.2) is 9.67 Å². The van der Waals surface area contributed by atoms with Crippen LogP contribution in [0.4, 0.5) is 11.4 Å². The van der Waals surface area contributed by atoms with Crippen molar-refractivity contribution in [3.63, 3.8) is 0 Å². The molecule has 32 heavy (non-hydrogen) atoms. The maximum absolute atomic E-state index is 12.0. The third-order valence-electron chi connectivity index (χ3n) is 4.77. The molecule has 1 amide bonds. The number of rotatable bonds is 6. The molecule has 0 bridgehead atoms. The number of benzene rings is 2. The van der Waals surface area contributed by atoms with Crippen LogP contribution in [0.5, 0.6) is 0 Å². The summed E-state index contributed by atoms with van der Waals surface area (Å²) in [7, 11) is 0. The molecule has 8 nitrogen and oxygen atoms in total. The summed E-state index contributed by atoms with van der Waals surface area (Å²) in [6.45, 7) is 2.67. The second-order valence-electron chi connectivity index (χ2n) is 6.82. The fraction of sp³-hybridized carbons (Fsp3) is 0.0909. The molecule has 4 aromatic rings. The first-order valence-electron chi connectivity index (χ1n) is 9.59. The highest BCUT2D eigenvalue weighted by Gasteiger charge is 2.18. The number of anilines is 2. The number of halogens is 2. The number of nitrogens with zero attached hydrogens (tertiary/aromatic N) is 5. The molecule has 160 valence electrons. The van der Waals surface area contributed by atoms with Crippen LogP contribution in [0.25, 0.3) is 17.1 Å². The molecule has 2 heterocycles. The number of nitriles is 1. The zero-order valence-electron chi connectivity index (χ0n) is 16.9. The van der Waals surface area contributed by atoms with Crippen molar-refractivity contribution in [1.29, 1.82) is 5.26 Å². The lowest BCUT2D eigenvalue weighted by Crippen LogP contribution is -2.14. The van der Waals surface area contributed by atoms with E-state index in [-0.39, 0.29) is 5.69 Å². The Morgan fingerprint density at radius 1 is 1.16 bits per heavy atom. The topological polar surface area (TPSA) is 115 Å². The summed E-state index contributed by atoms with van der Waals surface area (Å²) in [6.07, 6.45) is 3.32. The van der Waals surface area contributed by atoms with Gasteiger partial charge in [-0.2, -0.15) is 10.4 Å². The van der Waals surface area contributed by atoms with Crippen molar-refractivity contribution in [1.82, 2.24) is 19.3 Å². The molecular weight excluding hydrogens is 449 g/mol. The quantitative estimate of drug-likeness (QED) is 0.425. The molecule has 0 fully saturated rings. The summed E-state index contributed by atoms with van der Waals surface area (Å²) in [4.78, 5) is 16.3. The van der Waals surface area contributed by atoms with E-state index < -0.39 is 5.91 Å². The summed E-state index contributed by atoms with van der Waals surface area (Å²) >= 11 is 12.5. The highest BCUT2D eigenvalue weighted by atomic mass is 35.5. The van der Waals surface area contributed by atoms with E-state index in [4.69, 9.17) is 34.2 Å². The molecule has 0 radical (unpaired) electrons. The van der Waals surface area contributed by atoms with E-state index in [2.05, 4.69) is 21.5 Å². The van der Waals surface area contributed by atoms with E-state index in [0.717, 1.165) is 5.56 Å².